The number of likely N-dealkylation sites (tertiary alicyclic amines) is 1. The number of benzene rings is 1. The summed E-state index contributed by atoms with van der Waals surface area (Å²) < 4.78 is 0. The van der Waals surface area contributed by atoms with Gasteiger partial charge in [-0.05, 0) is 57.0 Å². The fourth-order valence-electron chi connectivity index (χ4n) is 2.85. The third-order valence-corrected chi connectivity index (χ3v) is 4.25. The molecule has 1 saturated heterocycles. The number of hydrogen-bond donors (Lipinski definition) is 1. The van der Waals surface area contributed by atoms with Crippen LogP contribution in [0.5, 0.6) is 0 Å². The summed E-state index contributed by atoms with van der Waals surface area (Å²) in [5, 5.41) is 3.09. The number of rotatable bonds is 4. The van der Waals surface area contributed by atoms with E-state index >= 15 is 0 Å². The van der Waals surface area contributed by atoms with Gasteiger partial charge < -0.3 is 5.32 Å². The Morgan fingerprint density at radius 1 is 1.42 bits per heavy atom. The maximum Gasteiger partial charge on any atom is 0.251 e. The van der Waals surface area contributed by atoms with Crippen molar-refractivity contribution in [3.63, 3.8) is 0 Å². The topological polar surface area (TPSA) is 32.3 Å². The highest BCUT2D eigenvalue weighted by Gasteiger charge is 2.23. The Labute approximate surface area is 116 Å². The number of likely N-dealkylation sites (N-methyl/N-ethyl adjacent to an activating group) is 1. The van der Waals surface area contributed by atoms with Gasteiger partial charge in [-0.25, -0.2) is 0 Å². The van der Waals surface area contributed by atoms with Gasteiger partial charge in [-0.2, -0.15) is 0 Å². The number of amides is 1. The Bertz CT molecular complexity index is 456. The lowest BCUT2D eigenvalue weighted by atomic mass is 10.0. The lowest BCUT2D eigenvalue weighted by Gasteiger charge is -2.23. The molecule has 0 aliphatic carbocycles. The highest BCUT2D eigenvalue weighted by atomic mass is 16.1. The van der Waals surface area contributed by atoms with Crippen molar-refractivity contribution in [2.45, 2.75) is 39.7 Å². The minimum Gasteiger partial charge on any atom is -0.350 e. The van der Waals surface area contributed by atoms with E-state index in [-0.39, 0.29) is 5.91 Å². The van der Waals surface area contributed by atoms with Crippen molar-refractivity contribution < 1.29 is 4.79 Å². The van der Waals surface area contributed by atoms with Crippen LogP contribution in [0.25, 0.3) is 0 Å². The van der Waals surface area contributed by atoms with E-state index in [1.165, 1.54) is 24.9 Å². The number of hydrogen-bond acceptors (Lipinski definition) is 2. The smallest absolute Gasteiger partial charge is 0.251 e. The van der Waals surface area contributed by atoms with Gasteiger partial charge in [0.05, 0.1) is 0 Å². The molecule has 19 heavy (non-hydrogen) atoms. The van der Waals surface area contributed by atoms with Gasteiger partial charge in [0.2, 0.25) is 0 Å². The van der Waals surface area contributed by atoms with E-state index in [4.69, 9.17) is 0 Å². The van der Waals surface area contributed by atoms with Crippen molar-refractivity contribution in [2.75, 3.05) is 19.6 Å². The third-order valence-electron chi connectivity index (χ3n) is 4.25. The Morgan fingerprint density at radius 3 is 2.95 bits per heavy atom. The van der Waals surface area contributed by atoms with Crippen molar-refractivity contribution in [2.24, 2.45) is 0 Å². The maximum absolute atomic E-state index is 12.2. The second kappa shape index (κ2) is 6.20. The predicted octanol–water partition coefficient (Wildman–Crippen LogP) is 2.52. The van der Waals surface area contributed by atoms with Gasteiger partial charge >= 0.3 is 0 Å². The third kappa shape index (κ3) is 3.16. The average Bonchev–Trinajstić information content (AvgIpc) is 2.86. The zero-order valence-electron chi connectivity index (χ0n) is 12.2. The number of nitrogens with zero attached hydrogens (tertiary/aromatic N) is 1. The van der Waals surface area contributed by atoms with Crippen LogP contribution >= 0.6 is 0 Å². The van der Waals surface area contributed by atoms with Crippen LogP contribution in [-0.2, 0) is 0 Å². The van der Waals surface area contributed by atoms with Gasteiger partial charge in [-0.15, -0.1) is 0 Å². The largest absolute Gasteiger partial charge is 0.350 e. The van der Waals surface area contributed by atoms with Gasteiger partial charge in [-0.3, -0.25) is 9.69 Å². The molecular formula is C16H24N2O. The molecule has 1 atom stereocenters. The van der Waals surface area contributed by atoms with Gasteiger partial charge in [-0.1, -0.05) is 19.1 Å². The van der Waals surface area contributed by atoms with Gasteiger partial charge in [0.1, 0.15) is 0 Å². The number of carbonyl (C=O) groups excluding carboxylic acids is 1. The zero-order valence-corrected chi connectivity index (χ0v) is 12.2. The highest BCUT2D eigenvalue weighted by Crippen LogP contribution is 2.16. The summed E-state index contributed by atoms with van der Waals surface area (Å²) in [5.74, 6) is 0.0594. The first-order chi connectivity index (χ1) is 9.13. The Morgan fingerprint density at radius 2 is 2.21 bits per heavy atom. The molecular weight excluding hydrogens is 236 g/mol. The van der Waals surface area contributed by atoms with Crippen LogP contribution in [0, 0.1) is 13.8 Å². The molecule has 1 aliphatic rings. The van der Waals surface area contributed by atoms with E-state index in [1.54, 1.807) is 0 Å². The number of carbonyl (C=O) groups is 1. The molecule has 1 heterocycles. The van der Waals surface area contributed by atoms with Crippen molar-refractivity contribution in [3.05, 3.63) is 34.9 Å². The molecule has 1 fully saturated rings. The maximum atomic E-state index is 12.2. The summed E-state index contributed by atoms with van der Waals surface area (Å²) in [6.45, 7) is 9.25. The SMILES string of the molecule is CCN1CCCC1CNC(=O)c1cccc(C)c1C. The summed E-state index contributed by atoms with van der Waals surface area (Å²) in [7, 11) is 0. The molecule has 1 N–H and O–H groups in total. The van der Waals surface area contributed by atoms with E-state index in [0.717, 1.165) is 24.2 Å². The van der Waals surface area contributed by atoms with E-state index < -0.39 is 0 Å². The second-order valence-electron chi connectivity index (χ2n) is 5.38. The molecule has 1 unspecified atom stereocenters. The van der Waals surface area contributed by atoms with Gasteiger partial charge in [0, 0.05) is 18.2 Å². The van der Waals surface area contributed by atoms with Crippen LogP contribution < -0.4 is 5.32 Å². The Balaban J connectivity index is 1.96. The van der Waals surface area contributed by atoms with E-state index in [0.29, 0.717) is 6.04 Å². The molecule has 104 valence electrons. The molecule has 3 nitrogen and oxygen atoms in total. The van der Waals surface area contributed by atoms with Crippen LogP contribution in [0.3, 0.4) is 0 Å². The fourth-order valence-corrected chi connectivity index (χ4v) is 2.85. The monoisotopic (exact) mass is 260 g/mol. The van der Waals surface area contributed by atoms with Crippen LogP contribution in [0.1, 0.15) is 41.3 Å². The Hall–Kier alpha value is -1.35. The molecule has 0 bridgehead atoms. The fraction of sp³-hybridized carbons (Fsp3) is 0.562. The summed E-state index contributed by atoms with van der Waals surface area (Å²) in [6.07, 6.45) is 2.44. The highest BCUT2D eigenvalue weighted by molar-refractivity contribution is 5.95. The number of aryl methyl sites for hydroxylation is 1. The normalized spacial score (nSPS) is 19.6. The predicted molar refractivity (Wildman–Crippen MR) is 78.5 cm³/mol. The van der Waals surface area contributed by atoms with E-state index in [9.17, 15) is 4.79 Å². The minimum atomic E-state index is 0.0594. The van der Waals surface area contributed by atoms with E-state index in [2.05, 4.69) is 17.1 Å². The molecule has 1 aromatic rings. The average molecular weight is 260 g/mol. The molecule has 1 aromatic carbocycles. The first-order valence-electron chi connectivity index (χ1n) is 7.22. The summed E-state index contributed by atoms with van der Waals surface area (Å²) in [6, 6.07) is 6.41. The Kier molecular flexibility index (Phi) is 4.59. The quantitative estimate of drug-likeness (QED) is 0.902. The minimum absolute atomic E-state index is 0.0594. The van der Waals surface area contributed by atoms with Crippen molar-refractivity contribution in [1.29, 1.82) is 0 Å². The molecule has 3 heteroatoms. The van der Waals surface area contributed by atoms with E-state index in [1.807, 2.05) is 32.0 Å². The number of nitrogens with one attached hydrogen (secondary N) is 1. The first-order valence-corrected chi connectivity index (χ1v) is 7.22. The second-order valence-corrected chi connectivity index (χ2v) is 5.38. The van der Waals surface area contributed by atoms with Crippen LogP contribution in [-0.4, -0.2) is 36.5 Å². The van der Waals surface area contributed by atoms with Gasteiger partial charge in [0.15, 0.2) is 0 Å². The standard InChI is InChI=1S/C16H24N2O/c1-4-18-10-6-8-14(18)11-17-16(19)15-9-5-7-12(2)13(15)3/h5,7,9,14H,4,6,8,10-11H2,1-3H3,(H,17,19). The van der Waals surface area contributed by atoms with Gasteiger partial charge in [0.25, 0.3) is 5.91 Å². The lowest BCUT2D eigenvalue weighted by Crippen LogP contribution is -2.40. The molecule has 0 spiro atoms. The molecule has 0 saturated carbocycles. The van der Waals surface area contributed by atoms with Crippen molar-refractivity contribution >= 4 is 5.91 Å². The zero-order chi connectivity index (χ0) is 13.8. The molecule has 0 radical (unpaired) electrons. The van der Waals surface area contributed by atoms with Crippen LogP contribution in [0.2, 0.25) is 0 Å². The molecule has 2 rings (SSSR count). The molecule has 1 aliphatic heterocycles. The van der Waals surface area contributed by atoms with Crippen molar-refractivity contribution in [1.82, 2.24) is 10.2 Å². The lowest BCUT2D eigenvalue weighted by molar-refractivity contribution is 0.0940. The summed E-state index contributed by atoms with van der Waals surface area (Å²) in [5.41, 5.74) is 3.06. The molecule has 1 amide bonds. The summed E-state index contributed by atoms with van der Waals surface area (Å²) >= 11 is 0. The van der Waals surface area contributed by atoms with Crippen molar-refractivity contribution in [3.8, 4) is 0 Å². The summed E-state index contributed by atoms with van der Waals surface area (Å²) in [4.78, 5) is 14.7. The molecule has 0 aromatic heterocycles. The van der Waals surface area contributed by atoms with Crippen LogP contribution in [0.15, 0.2) is 18.2 Å². The van der Waals surface area contributed by atoms with Crippen LogP contribution in [0.4, 0.5) is 0 Å². The first kappa shape index (κ1) is 14.1.